The molecule has 9 heteroatoms. The molecule has 1 saturated heterocycles. The summed E-state index contributed by atoms with van der Waals surface area (Å²) in [7, 11) is -3.36. The molecule has 1 atom stereocenters. The van der Waals surface area contributed by atoms with Crippen LogP contribution in [0.4, 0.5) is 12.9 Å². The highest BCUT2D eigenvalue weighted by atomic mass is 32.2. The predicted molar refractivity (Wildman–Crippen MR) is 65.7 cm³/mol. The van der Waals surface area contributed by atoms with Crippen LogP contribution in [0.25, 0.3) is 0 Å². The third-order valence-corrected chi connectivity index (χ3v) is 5.24. The van der Waals surface area contributed by atoms with Crippen LogP contribution >= 0.6 is 11.8 Å². The maximum Gasteiger partial charge on any atom is 0.506 e. The summed E-state index contributed by atoms with van der Waals surface area (Å²) in [6, 6.07) is 0. The quantitative estimate of drug-likeness (QED) is 0.732. The molecule has 0 spiro atoms. The standard InChI is InChI=1S/C8H14BF3NO2S2/c1-7(9(10,11)12)5-13-3-4-16-6-8(13)17(2,14)15/h8H,1,3-6H2,2H3/q-1. The van der Waals surface area contributed by atoms with Crippen LogP contribution in [0.15, 0.2) is 12.1 Å². The molecule has 1 aliphatic rings. The smallest absolute Gasteiger partial charge is 0.445 e. The van der Waals surface area contributed by atoms with Crippen LogP contribution in [-0.2, 0) is 9.84 Å². The summed E-state index contributed by atoms with van der Waals surface area (Å²) in [4.78, 5) is 1.35. The first-order valence-electron chi connectivity index (χ1n) is 5.00. The Labute approximate surface area is 103 Å². The summed E-state index contributed by atoms with van der Waals surface area (Å²) in [5.74, 6) is 0.959. The van der Waals surface area contributed by atoms with Crippen LogP contribution in [0.2, 0.25) is 0 Å². The van der Waals surface area contributed by atoms with Gasteiger partial charge in [0.05, 0.1) is 0 Å². The normalized spacial score (nSPS) is 23.6. The molecule has 3 nitrogen and oxygen atoms in total. The second-order valence-electron chi connectivity index (χ2n) is 4.06. The molecule has 1 aliphatic heterocycles. The fraction of sp³-hybridized carbons (Fsp3) is 0.750. The average molecular weight is 288 g/mol. The summed E-state index contributed by atoms with van der Waals surface area (Å²) < 4.78 is 60.2. The Morgan fingerprint density at radius 3 is 2.59 bits per heavy atom. The van der Waals surface area contributed by atoms with Gasteiger partial charge in [0.15, 0.2) is 9.84 Å². The second-order valence-corrected chi connectivity index (χ2v) is 7.42. The van der Waals surface area contributed by atoms with Crippen molar-refractivity contribution in [2.45, 2.75) is 5.37 Å². The minimum atomic E-state index is -5.10. The maximum absolute atomic E-state index is 12.4. The number of halogens is 3. The van der Waals surface area contributed by atoms with Crippen molar-refractivity contribution in [3.63, 3.8) is 0 Å². The van der Waals surface area contributed by atoms with Crippen LogP contribution in [0.5, 0.6) is 0 Å². The molecule has 0 bridgehead atoms. The Kier molecular flexibility index (Phi) is 4.59. The van der Waals surface area contributed by atoms with Crippen LogP contribution in [0, 0.1) is 0 Å². The van der Waals surface area contributed by atoms with Gasteiger partial charge < -0.3 is 12.9 Å². The van der Waals surface area contributed by atoms with E-state index in [1.54, 1.807) is 0 Å². The second kappa shape index (κ2) is 5.23. The van der Waals surface area contributed by atoms with Gasteiger partial charge in [0.2, 0.25) is 0 Å². The molecule has 100 valence electrons. The van der Waals surface area contributed by atoms with E-state index in [-0.39, 0.29) is 0 Å². The van der Waals surface area contributed by atoms with E-state index in [0.717, 1.165) is 6.26 Å². The third kappa shape index (κ3) is 4.22. The zero-order chi connectivity index (χ0) is 13.3. The molecule has 0 aromatic heterocycles. The number of hydrogen-bond acceptors (Lipinski definition) is 4. The van der Waals surface area contributed by atoms with Crippen molar-refractivity contribution in [3.8, 4) is 0 Å². The van der Waals surface area contributed by atoms with Gasteiger partial charge >= 0.3 is 6.98 Å². The average Bonchev–Trinajstić information content (AvgIpc) is 2.15. The van der Waals surface area contributed by atoms with Gasteiger partial charge in [0.1, 0.15) is 5.37 Å². The van der Waals surface area contributed by atoms with Gasteiger partial charge in [-0.25, -0.2) is 8.42 Å². The SMILES string of the molecule is C=C(CN1CCSCC1S(C)(=O)=O)[B-](F)(F)F. The summed E-state index contributed by atoms with van der Waals surface area (Å²) >= 11 is 1.44. The number of nitrogens with zero attached hydrogens (tertiary/aromatic N) is 1. The number of rotatable bonds is 4. The predicted octanol–water partition coefficient (Wildman–Crippen LogP) is 1.35. The van der Waals surface area contributed by atoms with Crippen LogP contribution < -0.4 is 0 Å². The molecule has 1 fully saturated rings. The molecule has 1 rings (SSSR count). The van der Waals surface area contributed by atoms with Crippen LogP contribution in [0.1, 0.15) is 0 Å². The highest BCUT2D eigenvalue weighted by Crippen LogP contribution is 2.25. The van der Waals surface area contributed by atoms with E-state index in [2.05, 4.69) is 6.58 Å². The molecule has 0 aliphatic carbocycles. The van der Waals surface area contributed by atoms with E-state index < -0.39 is 34.2 Å². The Morgan fingerprint density at radius 1 is 1.53 bits per heavy atom. The first-order valence-corrected chi connectivity index (χ1v) is 8.11. The highest BCUT2D eigenvalue weighted by Gasteiger charge is 2.34. The van der Waals surface area contributed by atoms with Gasteiger partial charge in [-0.1, -0.05) is 0 Å². The molecule has 0 aromatic rings. The lowest BCUT2D eigenvalue weighted by atomic mass is 9.80. The van der Waals surface area contributed by atoms with Gasteiger partial charge in [-0.2, -0.15) is 11.8 Å². The largest absolute Gasteiger partial charge is 0.506 e. The summed E-state index contributed by atoms with van der Waals surface area (Å²) in [6.45, 7) is -2.18. The Bertz CT molecular complexity index is 396. The summed E-state index contributed by atoms with van der Waals surface area (Å²) in [6.07, 6.45) is 1.05. The van der Waals surface area contributed by atoms with Crippen molar-refractivity contribution >= 4 is 28.6 Å². The molecule has 1 unspecified atom stereocenters. The number of sulfone groups is 1. The maximum atomic E-state index is 12.4. The molecular weight excluding hydrogens is 274 g/mol. The zero-order valence-electron chi connectivity index (χ0n) is 9.40. The van der Waals surface area contributed by atoms with Crippen LogP contribution in [0.3, 0.4) is 0 Å². The van der Waals surface area contributed by atoms with E-state index >= 15 is 0 Å². The first kappa shape index (κ1) is 14.9. The third-order valence-electron chi connectivity index (χ3n) is 2.55. The lowest BCUT2D eigenvalue weighted by Crippen LogP contribution is -2.48. The van der Waals surface area contributed by atoms with E-state index in [0.29, 0.717) is 18.1 Å². The topological polar surface area (TPSA) is 37.4 Å². The van der Waals surface area contributed by atoms with Crippen molar-refractivity contribution in [1.29, 1.82) is 0 Å². The monoisotopic (exact) mass is 288 g/mol. The van der Waals surface area contributed by atoms with E-state index in [1.165, 1.54) is 16.7 Å². The van der Waals surface area contributed by atoms with Gasteiger partial charge in [-0.3, -0.25) is 4.90 Å². The Hall–Kier alpha value is -0.145. The Morgan fingerprint density at radius 2 is 2.12 bits per heavy atom. The summed E-state index contributed by atoms with van der Waals surface area (Å²) in [5.41, 5.74) is -0.842. The molecule has 0 amide bonds. The molecule has 0 saturated carbocycles. The lowest BCUT2D eigenvalue weighted by molar-refractivity contribution is 0.291. The van der Waals surface area contributed by atoms with Gasteiger partial charge in [0.25, 0.3) is 0 Å². The molecule has 0 radical (unpaired) electrons. The molecular formula is C8H14BF3NO2S2-. The highest BCUT2D eigenvalue weighted by molar-refractivity contribution is 8.00. The Balaban J connectivity index is 2.77. The molecule has 0 aromatic carbocycles. The van der Waals surface area contributed by atoms with Crippen molar-refractivity contribution in [1.82, 2.24) is 4.90 Å². The lowest BCUT2D eigenvalue weighted by Gasteiger charge is -2.36. The molecule has 1 heterocycles. The summed E-state index contributed by atoms with van der Waals surface area (Å²) in [5, 5.41) is -0.837. The zero-order valence-corrected chi connectivity index (χ0v) is 11.0. The molecule has 0 N–H and O–H groups in total. The minimum Gasteiger partial charge on any atom is -0.445 e. The van der Waals surface area contributed by atoms with Crippen molar-refractivity contribution < 1.29 is 21.4 Å². The fourth-order valence-corrected chi connectivity index (χ4v) is 4.50. The fourth-order valence-electron chi connectivity index (χ4n) is 1.55. The van der Waals surface area contributed by atoms with Gasteiger partial charge in [-0.05, 0) is 6.54 Å². The van der Waals surface area contributed by atoms with E-state index in [4.69, 9.17) is 0 Å². The van der Waals surface area contributed by atoms with Crippen LogP contribution in [-0.4, -0.2) is 56.5 Å². The van der Waals surface area contributed by atoms with Crippen molar-refractivity contribution in [3.05, 3.63) is 12.1 Å². The van der Waals surface area contributed by atoms with E-state index in [9.17, 15) is 21.4 Å². The van der Waals surface area contributed by atoms with Gasteiger partial charge in [0, 0.05) is 24.3 Å². The van der Waals surface area contributed by atoms with Crippen molar-refractivity contribution in [2.24, 2.45) is 0 Å². The van der Waals surface area contributed by atoms with Crippen molar-refractivity contribution in [2.75, 3.05) is 30.9 Å². The number of hydrogen-bond donors (Lipinski definition) is 0. The van der Waals surface area contributed by atoms with Gasteiger partial charge in [-0.15, -0.1) is 12.1 Å². The first-order chi connectivity index (χ1) is 7.62. The number of thioether (sulfide) groups is 1. The van der Waals surface area contributed by atoms with E-state index in [1.807, 2.05) is 0 Å². The minimum absolute atomic E-state index is 0.316. The molecule has 17 heavy (non-hydrogen) atoms.